The molecule has 0 aliphatic heterocycles. The Hall–Kier alpha value is -2.90. The number of benzene rings is 1. The molecule has 0 saturated carbocycles. The minimum absolute atomic E-state index is 0.0637. The lowest BCUT2D eigenvalue weighted by molar-refractivity contribution is -0.138. The second-order valence-corrected chi connectivity index (χ2v) is 3.88. The van der Waals surface area contributed by atoms with Gasteiger partial charge in [0.15, 0.2) is 0 Å². The molecule has 118 valence electrons. The molecule has 0 saturated heterocycles. The van der Waals surface area contributed by atoms with Crippen molar-refractivity contribution in [1.29, 1.82) is 0 Å². The van der Waals surface area contributed by atoms with Crippen molar-refractivity contribution in [3.63, 3.8) is 0 Å². The predicted molar refractivity (Wildman–Crippen MR) is 73.5 cm³/mol. The van der Waals surface area contributed by atoms with Crippen LogP contribution in [0.1, 0.15) is 10.4 Å². The molecule has 8 heteroatoms. The van der Waals surface area contributed by atoms with Crippen molar-refractivity contribution >= 4 is 23.6 Å². The maximum absolute atomic E-state index is 13.3. The number of ether oxygens (including phenoxy) is 3. The Kier molecular flexibility index (Phi) is 6.06. The number of nitrogens with one attached hydrogen (secondary N) is 1. The van der Waals surface area contributed by atoms with Crippen LogP contribution in [-0.4, -0.2) is 39.2 Å². The molecule has 0 fully saturated rings. The lowest BCUT2D eigenvalue weighted by Crippen LogP contribution is -2.17. The van der Waals surface area contributed by atoms with E-state index in [1.807, 2.05) is 0 Å². The van der Waals surface area contributed by atoms with E-state index < -0.39 is 23.7 Å². The normalized spacial score (nSPS) is 10.6. The van der Waals surface area contributed by atoms with Crippen LogP contribution in [0.25, 0.3) is 0 Å². The summed E-state index contributed by atoms with van der Waals surface area (Å²) in [6.45, 7) is 0. The molecule has 1 aromatic carbocycles. The Balaban J connectivity index is 3.24. The van der Waals surface area contributed by atoms with E-state index in [1.54, 1.807) is 0 Å². The number of methoxy groups -OCH3 is 3. The van der Waals surface area contributed by atoms with Gasteiger partial charge < -0.3 is 19.5 Å². The Morgan fingerprint density at radius 1 is 1.09 bits per heavy atom. The maximum Gasteiger partial charge on any atom is 0.354 e. The minimum atomic E-state index is -0.870. The lowest BCUT2D eigenvalue weighted by atomic mass is 10.1. The highest BCUT2D eigenvalue weighted by atomic mass is 19.1. The highest BCUT2D eigenvalue weighted by Crippen LogP contribution is 2.20. The van der Waals surface area contributed by atoms with Crippen molar-refractivity contribution < 1.29 is 33.0 Å². The van der Waals surface area contributed by atoms with Crippen molar-refractivity contribution in [1.82, 2.24) is 0 Å². The number of anilines is 1. The van der Waals surface area contributed by atoms with Crippen LogP contribution >= 0.6 is 0 Å². The third kappa shape index (κ3) is 4.30. The molecule has 7 nitrogen and oxygen atoms in total. The van der Waals surface area contributed by atoms with Gasteiger partial charge in [-0.05, 0) is 18.2 Å². The third-order valence-corrected chi connectivity index (χ3v) is 2.52. The molecule has 0 atom stereocenters. The molecule has 0 spiro atoms. The van der Waals surface area contributed by atoms with Crippen molar-refractivity contribution in [3.8, 4) is 0 Å². The van der Waals surface area contributed by atoms with Crippen LogP contribution < -0.4 is 5.32 Å². The highest BCUT2D eigenvalue weighted by molar-refractivity contribution is 6.01. The molecular weight excluding hydrogens is 297 g/mol. The number of carbonyl (C=O) groups is 3. The van der Waals surface area contributed by atoms with E-state index >= 15 is 0 Å². The number of hydrogen-bond acceptors (Lipinski definition) is 7. The van der Waals surface area contributed by atoms with Crippen LogP contribution in [0.2, 0.25) is 0 Å². The Morgan fingerprint density at radius 3 is 2.32 bits per heavy atom. The molecule has 0 unspecified atom stereocenters. The largest absolute Gasteiger partial charge is 0.466 e. The van der Waals surface area contributed by atoms with Crippen molar-refractivity contribution in [2.75, 3.05) is 26.6 Å². The van der Waals surface area contributed by atoms with Gasteiger partial charge in [-0.1, -0.05) is 0 Å². The quantitative estimate of drug-likeness (QED) is 0.497. The molecule has 1 rings (SSSR count). The van der Waals surface area contributed by atoms with Gasteiger partial charge in [0, 0.05) is 0 Å². The van der Waals surface area contributed by atoms with E-state index in [1.165, 1.54) is 6.07 Å². The smallest absolute Gasteiger partial charge is 0.354 e. The average molecular weight is 311 g/mol. The zero-order chi connectivity index (χ0) is 16.7. The third-order valence-electron chi connectivity index (χ3n) is 2.52. The number of carbonyl (C=O) groups excluding carboxylic acids is 3. The van der Waals surface area contributed by atoms with Gasteiger partial charge in [-0.25, -0.2) is 18.8 Å². The van der Waals surface area contributed by atoms with Crippen LogP contribution in [0.15, 0.2) is 30.0 Å². The maximum atomic E-state index is 13.3. The van der Waals surface area contributed by atoms with Crippen molar-refractivity contribution in [2.24, 2.45) is 0 Å². The first kappa shape index (κ1) is 17.2. The zero-order valence-electron chi connectivity index (χ0n) is 12.1. The van der Waals surface area contributed by atoms with Gasteiger partial charge in [-0.3, -0.25) is 0 Å². The zero-order valence-corrected chi connectivity index (χ0v) is 12.1. The highest BCUT2D eigenvalue weighted by Gasteiger charge is 2.18. The SMILES string of the molecule is COC(=O)/C=C(/Nc1ccc(F)cc1C(=O)OC)C(=O)OC. The van der Waals surface area contributed by atoms with E-state index in [0.717, 1.165) is 39.5 Å². The summed E-state index contributed by atoms with van der Waals surface area (Å²) in [5, 5.41) is 2.52. The van der Waals surface area contributed by atoms with Gasteiger partial charge in [-0.15, -0.1) is 0 Å². The molecule has 22 heavy (non-hydrogen) atoms. The molecule has 0 bridgehead atoms. The summed E-state index contributed by atoms with van der Waals surface area (Å²) in [6, 6.07) is 3.22. The second-order valence-electron chi connectivity index (χ2n) is 3.88. The first-order valence-corrected chi connectivity index (χ1v) is 5.95. The van der Waals surface area contributed by atoms with Gasteiger partial charge >= 0.3 is 17.9 Å². The molecule has 0 heterocycles. The summed E-state index contributed by atoms with van der Waals surface area (Å²) < 4.78 is 26.7. The average Bonchev–Trinajstić information content (AvgIpc) is 2.53. The topological polar surface area (TPSA) is 90.9 Å². The molecule has 1 aromatic rings. The number of hydrogen-bond donors (Lipinski definition) is 1. The van der Waals surface area contributed by atoms with Crippen molar-refractivity contribution in [2.45, 2.75) is 0 Å². The Morgan fingerprint density at radius 2 is 1.77 bits per heavy atom. The first-order chi connectivity index (χ1) is 10.4. The molecule has 0 aliphatic carbocycles. The number of halogens is 1. The van der Waals surface area contributed by atoms with E-state index in [-0.39, 0.29) is 16.9 Å². The van der Waals surface area contributed by atoms with E-state index in [0.29, 0.717) is 0 Å². The summed E-state index contributed by atoms with van der Waals surface area (Å²) in [7, 11) is 3.37. The molecule has 0 amide bonds. The molecule has 0 aromatic heterocycles. The van der Waals surface area contributed by atoms with Crippen LogP contribution in [0, 0.1) is 5.82 Å². The number of esters is 3. The Labute approximate surface area is 125 Å². The van der Waals surface area contributed by atoms with E-state index in [2.05, 4.69) is 19.5 Å². The fourth-order valence-electron chi connectivity index (χ4n) is 1.48. The second kappa shape index (κ2) is 7.77. The van der Waals surface area contributed by atoms with Crippen LogP contribution in [0.4, 0.5) is 10.1 Å². The van der Waals surface area contributed by atoms with Gasteiger partial charge in [-0.2, -0.15) is 0 Å². The monoisotopic (exact) mass is 311 g/mol. The molecule has 0 aliphatic rings. The van der Waals surface area contributed by atoms with Crippen molar-refractivity contribution in [3.05, 3.63) is 41.4 Å². The summed E-state index contributed by atoms with van der Waals surface area (Å²) in [4.78, 5) is 34.5. The van der Waals surface area contributed by atoms with Gasteiger partial charge in [0.2, 0.25) is 0 Å². The van der Waals surface area contributed by atoms with Gasteiger partial charge in [0.1, 0.15) is 11.5 Å². The molecular formula is C14H14FNO6. The molecule has 0 radical (unpaired) electrons. The standard InChI is InChI=1S/C14H14FNO6/c1-20-12(17)7-11(14(19)22-3)16-10-5-4-8(15)6-9(10)13(18)21-2/h4-7,16H,1-3H3/b11-7+. The summed E-state index contributed by atoms with van der Waals surface area (Å²) in [6.07, 6.45) is 0.844. The number of rotatable bonds is 5. The van der Waals surface area contributed by atoms with E-state index in [9.17, 15) is 18.8 Å². The fourth-order valence-corrected chi connectivity index (χ4v) is 1.48. The Bertz CT molecular complexity index is 626. The predicted octanol–water partition coefficient (Wildman–Crippen LogP) is 1.25. The first-order valence-electron chi connectivity index (χ1n) is 5.95. The van der Waals surface area contributed by atoms with Crippen LogP contribution in [0.3, 0.4) is 0 Å². The van der Waals surface area contributed by atoms with E-state index in [4.69, 9.17) is 0 Å². The van der Waals surface area contributed by atoms with Gasteiger partial charge in [0.05, 0.1) is 38.7 Å². The summed E-state index contributed by atoms with van der Waals surface area (Å²) in [5.74, 6) is -3.16. The minimum Gasteiger partial charge on any atom is -0.466 e. The van der Waals surface area contributed by atoms with Crippen LogP contribution in [-0.2, 0) is 23.8 Å². The van der Waals surface area contributed by atoms with Crippen LogP contribution in [0.5, 0.6) is 0 Å². The fraction of sp³-hybridized carbons (Fsp3) is 0.214. The molecule has 1 N–H and O–H groups in total. The summed E-state index contributed by atoms with van der Waals surface area (Å²) >= 11 is 0. The van der Waals surface area contributed by atoms with Gasteiger partial charge in [0.25, 0.3) is 0 Å². The summed E-state index contributed by atoms with van der Waals surface area (Å²) in [5.41, 5.74) is -0.373. The lowest BCUT2D eigenvalue weighted by Gasteiger charge is -2.12.